The SMILES string of the molecule is CN1C(=O)C[C@H](C(=O)NCCOC2CCC(OCCCC(=O)NC3CCC(C(=O)NCCCOc4cc(F)ccc4Oc4nc(C(F)(F)F)c(Cl)cc4C(=O)Nc4cn[nH]c(=O)c4)CC3)CC2)[C@H]1c1cccnc1. The number of hydrogen-bond acceptors (Lipinski definition) is 13. The minimum atomic E-state index is -5.04. The number of likely N-dealkylation sites (tertiary alicyclic amines) is 1. The van der Waals surface area contributed by atoms with E-state index < -0.39 is 51.5 Å². The molecule has 74 heavy (non-hydrogen) atoms. The normalized spacial score (nSPS) is 20.9. The topological polar surface area (TPSA) is 245 Å². The highest BCUT2D eigenvalue weighted by Crippen LogP contribution is 2.40. The lowest BCUT2D eigenvalue weighted by atomic mass is 9.85. The van der Waals surface area contributed by atoms with Gasteiger partial charge in [-0.1, -0.05) is 17.7 Å². The van der Waals surface area contributed by atoms with Crippen molar-refractivity contribution < 1.29 is 60.5 Å². The zero-order valence-electron chi connectivity index (χ0n) is 40.5. The largest absolute Gasteiger partial charge is 0.489 e. The van der Waals surface area contributed by atoms with Crippen LogP contribution in [0.2, 0.25) is 5.02 Å². The van der Waals surface area contributed by atoms with Crippen molar-refractivity contribution in [2.45, 2.75) is 108 Å². The molecule has 5 N–H and O–H groups in total. The standard InChI is InChI=1S/C50H58ClF4N9O10/c1-64-43(67)26-36(44(64)30-5-2-17-56-27-30)47(69)58-19-22-72-35-14-12-34(13-15-35)71-20-3-6-41(65)60-32-10-7-29(8-11-32)46(68)57-18-4-21-73-40-23-31(52)9-16-39(40)74-49-37(25-38(51)45(62-49)50(53,54)55)48(70)61-33-24-42(66)63-59-28-33/h2,5,9,16-17,23-25,27-29,32,34-36,44H,3-4,6-8,10-15,18-22,26H2,1H3,(H,57,68)(H,58,69)(H,60,65)(H2,61,63,66,70)/t29?,32?,34?,35?,36-,44+/m0/s1. The molecule has 1 aromatic carbocycles. The van der Waals surface area contributed by atoms with Gasteiger partial charge >= 0.3 is 6.18 Å². The molecule has 2 saturated carbocycles. The molecule has 0 unspecified atom stereocenters. The van der Waals surface area contributed by atoms with Gasteiger partial charge in [0.15, 0.2) is 17.2 Å². The number of benzene rings is 1. The van der Waals surface area contributed by atoms with Gasteiger partial charge in [-0.05, 0) is 94.0 Å². The van der Waals surface area contributed by atoms with Gasteiger partial charge in [-0.15, -0.1) is 0 Å². The zero-order valence-corrected chi connectivity index (χ0v) is 41.3. The predicted molar refractivity (Wildman–Crippen MR) is 259 cm³/mol. The van der Waals surface area contributed by atoms with Crippen molar-refractivity contribution in [3.63, 3.8) is 0 Å². The molecule has 4 aromatic rings. The Kier molecular flexibility index (Phi) is 19.3. The third-order valence-electron chi connectivity index (χ3n) is 13.1. The van der Waals surface area contributed by atoms with E-state index in [0.29, 0.717) is 64.3 Å². The molecule has 5 amide bonds. The van der Waals surface area contributed by atoms with E-state index in [9.17, 15) is 46.3 Å². The molecule has 0 spiro atoms. The van der Waals surface area contributed by atoms with Crippen molar-refractivity contribution in [3.8, 4) is 17.4 Å². The number of anilines is 1. The van der Waals surface area contributed by atoms with Crippen LogP contribution in [-0.4, -0.2) is 113 Å². The number of carbonyl (C=O) groups excluding carboxylic acids is 5. The smallest absolute Gasteiger partial charge is 0.434 e. The van der Waals surface area contributed by atoms with E-state index in [-0.39, 0.29) is 97.0 Å². The summed E-state index contributed by atoms with van der Waals surface area (Å²) >= 11 is 5.86. The average Bonchev–Trinajstić information content (AvgIpc) is 3.68. The summed E-state index contributed by atoms with van der Waals surface area (Å²) in [4.78, 5) is 85.3. The summed E-state index contributed by atoms with van der Waals surface area (Å²) in [6.45, 7) is 1.28. The summed E-state index contributed by atoms with van der Waals surface area (Å²) < 4.78 is 79.3. The molecule has 24 heteroatoms. The van der Waals surface area contributed by atoms with Crippen LogP contribution in [0.3, 0.4) is 0 Å². The molecule has 3 aromatic heterocycles. The molecule has 3 aliphatic rings. The molecule has 2 atom stereocenters. The zero-order chi connectivity index (χ0) is 52.8. The second-order valence-corrected chi connectivity index (χ2v) is 18.7. The lowest BCUT2D eigenvalue weighted by molar-refractivity contribution is -0.141. The van der Waals surface area contributed by atoms with E-state index in [0.717, 1.165) is 61.7 Å². The van der Waals surface area contributed by atoms with Crippen LogP contribution in [0.25, 0.3) is 0 Å². The fraction of sp³-hybridized carbons (Fsp3) is 0.500. The molecule has 0 radical (unpaired) electrons. The number of nitrogens with one attached hydrogen (secondary N) is 5. The minimum absolute atomic E-state index is 0.0509. The number of alkyl halides is 3. The molecular weight excluding hydrogens is 998 g/mol. The van der Waals surface area contributed by atoms with E-state index in [1.165, 1.54) is 0 Å². The number of aromatic amines is 1. The summed E-state index contributed by atoms with van der Waals surface area (Å²) in [5.41, 5.74) is -2.04. The number of hydrogen-bond donors (Lipinski definition) is 5. The summed E-state index contributed by atoms with van der Waals surface area (Å²) in [7, 11) is 1.71. The Morgan fingerprint density at radius 2 is 1.58 bits per heavy atom. The van der Waals surface area contributed by atoms with Gasteiger partial charge < -0.3 is 45.1 Å². The Labute approximate surface area is 428 Å². The second kappa shape index (κ2) is 26.0. The number of ether oxygens (including phenoxy) is 4. The lowest BCUT2D eigenvalue weighted by Gasteiger charge is -2.29. The van der Waals surface area contributed by atoms with Crippen LogP contribution in [0, 0.1) is 17.7 Å². The average molecular weight is 1060 g/mol. The van der Waals surface area contributed by atoms with Crippen molar-refractivity contribution in [2.24, 2.45) is 11.8 Å². The van der Waals surface area contributed by atoms with Crippen molar-refractivity contribution in [3.05, 3.63) is 99.1 Å². The van der Waals surface area contributed by atoms with Gasteiger partial charge in [-0.25, -0.2) is 14.5 Å². The first kappa shape index (κ1) is 55.0. The van der Waals surface area contributed by atoms with Gasteiger partial charge in [0, 0.05) is 76.1 Å². The Bertz CT molecular complexity index is 2650. The van der Waals surface area contributed by atoms with Gasteiger partial charge in [-0.3, -0.25) is 33.8 Å². The van der Waals surface area contributed by atoms with Crippen LogP contribution in [0.15, 0.2) is 65.8 Å². The summed E-state index contributed by atoms with van der Waals surface area (Å²) in [5.74, 6) is -4.42. The fourth-order valence-electron chi connectivity index (χ4n) is 9.24. The first-order valence-electron chi connectivity index (χ1n) is 24.5. The molecular formula is C50H58ClF4N9O10. The maximum absolute atomic E-state index is 14.4. The fourth-order valence-corrected chi connectivity index (χ4v) is 9.50. The van der Waals surface area contributed by atoms with Crippen LogP contribution < -0.4 is 36.3 Å². The Morgan fingerprint density at radius 3 is 2.28 bits per heavy atom. The number of halogens is 5. The first-order valence-corrected chi connectivity index (χ1v) is 24.9. The molecule has 398 valence electrons. The molecule has 0 bridgehead atoms. The number of aromatic nitrogens is 4. The van der Waals surface area contributed by atoms with E-state index in [2.05, 4.69) is 41.4 Å². The lowest BCUT2D eigenvalue weighted by Crippen LogP contribution is -2.41. The minimum Gasteiger partial charge on any atom is -0.489 e. The molecule has 19 nitrogen and oxygen atoms in total. The molecule has 2 aliphatic carbocycles. The van der Waals surface area contributed by atoms with Crippen LogP contribution in [-0.2, 0) is 34.8 Å². The van der Waals surface area contributed by atoms with Gasteiger partial charge in [0.1, 0.15) is 11.4 Å². The van der Waals surface area contributed by atoms with Crippen LogP contribution in [0.4, 0.5) is 23.2 Å². The third kappa shape index (κ3) is 15.4. The number of carbonyl (C=O) groups is 5. The van der Waals surface area contributed by atoms with Crippen molar-refractivity contribution in [2.75, 3.05) is 45.3 Å². The van der Waals surface area contributed by atoms with Crippen LogP contribution >= 0.6 is 11.6 Å². The van der Waals surface area contributed by atoms with Gasteiger partial charge in [0.25, 0.3) is 11.5 Å². The van der Waals surface area contributed by atoms with E-state index in [1.54, 1.807) is 30.4 Å². The highest BCUT2D eigenvalue weighted by Gasteiger charge is 2.43. The molecule has 1 aliphatic heterocycles. The maximum atomic E-state index is 14.4. The quantitative estimate of drug-likeness (QED) is 0.0421. The monoisotopic (exact) mass is 1060 g/mol. The van der Waals surface area contributed by atoms with E-state index in [4.69, 9.17) is 30.5 Å². The highest BCUT2D eigenvalue weighted by molar-refractivity contribution is 6.31. The Hall–Kier alpha value is -6.72. The molecule has 1 saturated heterocycles. The Balaban J connectivity index is 0.746. The highest BCUT2D eigenvalue weighted by atomic mass is 35.5. The second-order valence-electron chi connectivity index (χ2n) is 18.3. The van der Waals surface area contributed by atoms with E-state index in [1.807, 2.05) is 6.07 Å². The number of rotatable bonds is 22. The summed E-state index contributed by atoms with van der Waals surface area (Å²) in [6, 6.07) is 7.90. The van der Waals surface area contributed by atoms with Crippen molar-refractivity contribution >= 4 is 46.8 Å². The molecule has 7 rings (SSSR count). The predicted octanol–water partition coefficient (Wildman–Crippen LogP) is 6.44. The van der Waals surface area contributed by atoms with Crippen molar-refractivity contribution in [1.82, 2.24) is 41.0 Å². The summed E-state index contributed by atoms with van der Waals surface area (Å²) in [5, 5.41) is 16.0. The number of pyridine rings is 2. The van der Waals surface area contributed by atoms with Crippen molar-refractivity contribution in [1.29, 1.82) is 0 Å². The summed E-state index contributed by atoms with van der Waals surface area (Å²) in [6.07, 6.45) is 6.55. The third-order valence-corrected chi connectivity index (χ3v) is 13.3. The number of H-pyrrole nitrogens is 1. The molecule has 3 fully saturated rings. The van der Waals surface area contributed by atoms with E-state index >= 15 is 0 Å². The number of amides is 5. The van der Waals surface area contributed by atoms with Crippen LogP contribution in [0.5, 0.6) is 17.4 Å². The molecule has 4 heterocycles. The maximum Gasteiger partial charge on any atom is 0.434 e. The van der Waals surface area contributed by atoms with Gasteiger partial charge in [0.2, 0.25) is 29.5 Å². The first-order chi connectivity index (χ1) is 35.5. The number of nitrogens with zero attached hydrogens (tertiary/aromatic N) is 4. The van der Waals surface area contributed by atoms with Crippen LogP contribution in [0.1, 0.15) is 105 Å². The van der Waals surface area contributed by atoms with Gasteiger partial charge in [0.05, 0.1) is 54.3 Å². The van der Waals surface area contributed by atoms with Gasteiger partial charge in [-0.2, -0.15) is 18.3 Å². The Morgan fingerprint density at radius 1 is 0.851 bits per heavy atom.